The number of carbonyl (C=O) groups excluding carboxylic acids is 1. The van der Waals surface area contributed by atoms with Gasteiger partial charge < -0.3 is 10.1 Å². The van der Waals surface area contributed by atoms with Crippen molar-refractivity contribution in [2.75, 3.05) is 6.54 Å². The number of aryl methyl sites for hydroxylation is 1. The van der Waals surface area contributed by atoms with Crippen LogP contribution in [0.15, 0.2) is 47.4 Å². The fourth-order valence-corrected chi connectivity index (χ4v) is 4.79. The van der Waals surface area contributed by atoms with Crippen molar-refractivity contribution in [1.29, 1.82) is 0 Å². The van der Waals surface area contributed by atoms with Crippen LogP contribution in [0.25, 0.3) is 5.69 Å². The van der Waals surface area contributed by atoms with E-state index < -0.39 is 31.4 Å². The van der Waals surface area contributed by atoms with Crippen molar-refractivity contribution in [3.63, 3.8) is 0 Å². The lowest BCUT2D eigenvalue weighted by Crippen LogP contribution is -2.32. The molecular formula is C26H33N5O6S. The number of nitrogens with zero attached hydrogens (tertiary/aromatic N) is 3. The van der Waals surface area contributed by atoms with Gasteiger partial charge in [-0.05, 0) is 51.3 Å². The van der Waals surface area contributed by atoms with Gasteiger partial charge in [-0.15, -0.1) is 0 Å². The second kappa shape index (κ2) is 11.7. The minimum absolute atomic E-state index is 0.00429. The van der Waals surface area contributed by atoms with Crippen molar-refractivity contribution in [2.45, 2.75) is 58.9 Å². The number of nitro benzene ring substituents is 1. The topological polar surface area (TPSA) is 145 Å². The Labute approximate surface area is 222 Å². The number of rotatable bonds is 11. The van der Waals surface area contributed by atoms with Gasteiger partial charge in [0, 0.05) is 30.3 Å². The maximum absolute atomic E-state index is 13.2. The Morgan fingerprint density at radius 3 is 2.37 bits per heavy atom. The first-order valence-electron chi connectivity index (χ1n) is 12.3. The molecule has 0 bridgehead atoms. The highest BCUT2D eigenvalue weighted by atomic mass is 32.2. The fourth-order valence-electron chi connectivity index (χ4n) is 3.43. The third-order valence-corrected chi connectivity index (χ3v) is 7.31. The lowest BCUT2D eigenvalue weighted by Gasteiger charge is -2.15. The summed E-state index contributed by atoms with van der Waals surface area (Å²) >= 11 is 0. The van der Waals surface area contributed by atoms with E-state index in [0.717, 1.165) is 24.1 Å². The molecule has 0 unspecified atom stereocenters. The van der Waals surface area contributed by atoms with Gasteiger partial charge in [0.15, 0.2) is 5.69 Å². The Balaban J connectivity index is 2.18. The van der Waals surface area contributed by atoms with Crippen LogP contribution in [0, 0.1) is 29.9 Å². The predicted octanol–water partition coefficient (Wildman–Crippen LogP) is 4.65. The number of hydrogen-bond donors (Lipinski definition) is 2. The van der Waals surface area contributed by atoms with Crippen LogP contribution in [-0.4, -0.2) is 41.6 Å². The van der Waals surface area contributed by atoms with Gasteiger partial charge in [0.05, 0.1) is 10.6 Å². The van der Waals surface area contributed by atoms with Crippen LogP contribution in [0.5, 0.6) is 11.6 Å². The van der Waals surface area contributed by atoms with Crippen molar-refractivity contribution in [3.05, 3.63) is 69.4 Å². The summed E-state index contributed by atoms with van der Waals surface area (Å²) in [5.74, 6) is -0.429. The average Bonchev–Trinajstić information content (AvgIpc) is 3.19. The summed E-state index contributed by atoms with van der Waals surface area (Å²) < 4.78 is 36.3. The maximum atomic E-state index is 13.2. The standard InChI is InChI=1S/C26H33N5O6S/c1-7-18(5)28-25(32)24-19(6)26(30(29-24)20-10-8-17(4)9-11-20)37-22-13-12-21(31(33)34)14-23(22)38(35,36)27-15-16(2)3/h8-14,16,18,27H,7,15H2,1-6H3,(H,28,32)/t18-/m0/s1. The van der Waals surface area contributed by atoms with Crippen molar-refractivity contribution in [1.82, 2.24) is 19.8 Å². The molecule has 0 aliphatic rings. The molecule has 0 saturated carbocycles. The van der Waals surface area contributed by atoms with Crippen molar-refractivity contribution in [2.24, 2.45) is 5.92 Å². The zero-order valence-corrected chi connectivity index (χ0v) is 23.1. The zero-order valence-electron chi connectivity index (χ0n) is 22.3. The smallest absolute Gasteiger partial charge is 0.272 e. The van der Waals surface area contributed by atoms with E-state index in [1.54, 1.807) is 19.1 Å². The van der Waals surface area contributed by atoms with Crippen LogP contribution >= 0.6 is 0 Å². The molecule has 38 heavy (non-hydrogen) atoms. The van der Waals surface area contributed by atoms with Gasteiger partial charge in [0.2, 0.25) is 15.9 Å². The van der Waals surface area contributed by atoms with Gasteiger partial charge in [-0.25, -0.2) is 13.1 Å². The third kappa shape index (κ3) is 6.56. The molecule has 1 atom stereocenters. The SMILES string of the molecule is CC[C@H](C)NC(=O)c1nn(-c2ccc(C)cc2)c(Oc2ccc([N+](=O)[O-])cc2S(=O)(=O)NCC(C)C)c1C. The molecule has 0 aliphatic heterocycles. The summed E-state index contributed by atoms with van der Waals surface area (Å²) in [6.45, 7) is 11.2. The predicted molar refractivity (Wildman–Crippen MR) is 143 cm³/mol. The van der Waals surface area contributed by atoms with Crippen LogP contribution in [0.1, 0.15) is 55.7 Å². The Morgan fingerprint density at radius 2 is 1.79 bits per heavy atom. The van der Waals surface area contributed by atoms with E-state index in [-0.39, 0.29) is 35.8 Å². The first-order chi connectivity index (χ1) is 17.8. The molecule has 11 nitrogen and oxygen atoms in total. The second-order valence-electron chi connectivity index (χ2n) is 9.54. The van der Waals surface area contributed by atoms with Crippen molar-refractivity contribution >= 4 is 21.6 Å². The van der Waals surface area contributed by atoms with Crippen LogP contribution in [0.2, 0.25) is 0 Å². The molecule has 0 spiro atoms. The molecule has 0 radical (unpaired) electrons. The minimum Gasteiger partial charge on any atom is -0.437 e. The highest BCUT2D eigenvalue weighted by molar-refractivity contribution is 7.89. The van der Waals surface area contributed by atoms with Gasteiger partial charge in [0.1, 0.15) is 10.6 Å². The molecule has 1 heterocycles. The highest BCUT2D eigenvalue weighted by Gasteiger charge is 2.28. The fraction of sp³-hybridized carbons (Fsp3) is 0.385. The first kappa shape index (κ1) is 28.8. The summed E-state index contributed by atoms with van der Waals surface area (Å²) in [5, 5.41) is 18.8. The summed E-state index contributed by atoms with van der Waals surface area (Å²) in [7, 11) is -4.18. The molecule has 1 aromatic heterocycles. The number of benzene rings is 2. The maximum Gasteiger partial charge on any atom is 0.272 e. The molecule has 0 fully saturated rings. The van der Waals surface area contributed by atoms with Crippen molar-refractivity contribution < 1.29 is 22.9 Å². The molecule has 2 aromatic carbocycles. The number of amides is 1. The largest absolute Gasteiger partial charge is 0.437 e. The molecular weight excluding hydrogens is 510 g/mol. The first-order valence-corrected chi connectivity index (χ1v) is 13.8. The number of carbonyl (C=O) groups is 1. The third-order valence-electron chi connectivity index (χ3n) is 5.87. The molecule has 12 heteroatoms. The van der Waals surface area contributed by atoms with E-state index in [9.17, 15) is 23.3 Å². The number of nitro groups is 1. The number of hydrogen-bond acceptors (Lipinski definition) is 7. The number of sulfonamides is 1. The van der Waals surface area contributed by atoms with Gasteiger partial charge in [0.25, 0.3) is 11.6 Å². The molecule has 1 amide bonds. The van der Waals surface area contributed by atoms with Gasteiger partial charge in [-0.2, -0.15) is 9.78 Å². The summed E-state index contributed by atoms with van der Waals surface area (Å²) in [6.07, 6.45) is 0.722. The average molecular weight is 544 g/mol. The molecule has 204 valence electrons. The van der Waals surface area contributed by atoms with Gasteiger partial charge in [-0.3, -0.25) is 14.9 Å². The zero-order chi connectivity index (χ0) is 28.2. The molecule has 3 rings (SSSR count). The lowest BCUT2D eigenvalue weighted by molar-refractivity contribution is -0.385. The molecule has 0 aliphatic carbocycles. The molecule has 3 aromatic rings. The van der Waals surface area contributed by atoms with Gasteiger partial charge in [-0.1, -0.05) is 38.5 Å². The molecule has 2 N–H and O–H groups in total. The number of aromatic nitrogens is 2. The minimum atomic E-state index is -4.18. The number of ether oxygens (including phenoxy) is 1. The Kier molecular flexibility index (Phi) is 8.89. The second-order valence-corrected chi connectivity index (χ2v) is 11.3. The Morgan fingerprint density at radius 1 is 1.13 bits per heavy atom. The van der Waals surface area contributed by atoms with E-state index in [0.29, 0.717) is 11.3 Å². The molecule has 0 saturated heterocycles. The van der Waals surface area contributed by atoms with E-state index in [2.05, 4.69) is 15.1 Å². The van der Waals surface area contributed by atoms with E-state index >= 15 is 0 Å². The summed E-state index contributed by atoms with van der Waals surface area (Å²) in [5.41, 5.74) is 1.68. The van der Waals surface area contributed by atoms with Crippen LogP contribution in [-0.2, 0) is 10.0 Å². The highest BCUT2D eigenvalue weighted by Crippen LogP contribution is 2.35. The van der Waals surface area contributed by atoms with Crippen LogP contribution in [0.3, 0.4) is 0 Å². The van der Waals surface area contributed by atoms with E-state index in [1.807, 2.05) is 46.8 Å². The van der Waals surface area contributed by atoms with Crippen LogP contribution in [0.4, 0.5) is 5.69 Å². The summed E-state index contributed by atoms with van der Waals surface area (Å²) in [4.78, 5) is 23.4. The quantitative estimate of drug-likeness (QED) is 0.264. The van der Waals surface area contributed by atoms with Crippen molar-refractivity contribution in [3.8, 4) is 17.3 Å². The Bertz CT molecular complexity index is 1430. The van der Waals surface area contributed by atoms with Gasteiger partial charge >= 0.3 is 0 Å². The Hall–Kier alpha value is -3.77. The monoisotopic (exact) mass is 543 g/mol. The number of nitrogens with one attached hydrogen (secondary N) is 2. The van der Waals surface area contributed by atoms with E-state index in [4.69, 9.17) is 4.74 Å². The lowest BCUT2D eigenvalue weighted by atomic mass is 10.2. The number of non-ortho nitro benzene ring substituents is 1. The van der Waals surface area contributed by atoms with E-state index in [1.165, 1.54) is 10.7 Å². The van der Waals surface area contributed by atoms with Crippen LogP contribution < -0.4 is 14.8 Å². The summed E-state index contributed by atoms with van der Waals surface area (Å²) in [6, 6.07) is 10.6. The normalized spacial score (nSPS) is 12.4.